The fourth-order valence-corrected chi connectivity index (χ4v) is 2.96. The first-order chi connectivity index (χ1) is 8.04. The molecule has 4 heteroatoms. The first kappa shape index (κ1) is 12.8. The van der Waals surface area contributed by atoms with Gasteiger partial charge in [0.1, 0.15) is 0 Å². The van der Waals surface area contributed by atoms with E-state index in [0.29, 0.717) is 5.92 Å². The zero-order chi connectivity index (χ0) is 12.5. The molecule has 2 rings (SSSR count). The Kier molecular flexibility index (Phi) is 3.73. The summed E-state index contributed by atoms with van der Waals surface area (Å²) in [5.74, 6) is 0.743. The number of nitrogens with zero attached hydrogens (tertiary/aromatic N) is 1. The highest BCUT2D eigenvalue weighted by atomic mass is 16.5. The number of carbonyl (C=O) groups excluding carboxylic acids is 1. The summed E-state index contributed by atoms with van der Waals surface area (Å²) in [6.45, 7) is 7.89. The Bertz CT molecular complexity index is 285. The number of rotatable bonds is 3. The third-order valence-electron chi connectivity index (χ3n) is 4.18. The minimum Gasteiger partial charge on any atom is -0.384 e. The van der Waals surface area contributed by atoms with E-state index in [9.17, 15) is 4.79 Å². The van der Waals surface area contributed by atoms with Crippen molar-refractivity contribution in [3.8, 4) is 0 Å². The number of likely N-dealkylation sites (tertiary alicyclic amines) is 1. The lowest BCUT2D eigenvalue weighted by Gasteiger charge is -2.24. The predicted octanol–water partition coefficient (Wildman–Crippen LogP) is 0.869. The van der Waals surface area contributed by atoms with Gasteiger partial charge in [0.15, 0.2) is 0 Å². The number of amides is 1. The zero-order valence-corrected chi connectivity index (χ0v) is 11.2. The molecule has 1 amide bonds. The van der Waals surface area contributed by atoms with Gasteiger partial charge < -0.3 is 15.0 Å². The van der Waals surface area contributed by atoms with Crippen molar-refractivity contribution in [3.05, 3.63) is 0 Å². The molecule has 0 aromatic heterocycles. The maximum atomic E-state index is 12.3. The number of hydrogen-bond donors (Lipinski definition) is 1. The van der Waals surface area contributed by atoms with Crippen LogP contribution in [-0.4, -0.2) is 50.2 Å². The van der Waals surface area contributed by atoms with Crippen LogP contribution < -0.4 is 5.32 Å². The third kappa shape index (κ3) is 2.63. The van der Waals surface area contributed by atoms with Crippen LogP contribution >= 0.6 is 0 Å². The topological polar surface area (TPSA) is 41.6 Å². The van der Waals surface area contributed by atoms with Crippen molar-refractivity contribution in [2.45, 2.75) is 32.7 Å². The van der Waals surface area contributed by atoms with E-state index in [1.54, 1.807) is 7.11 Å². The number of ether oxygens (including phenoxy) is 1. The van der Waals surface area contributed by atoms with E-state index in [4.69, 9.17) is 4.74 Å². The Morgan fingerprint density at radius 2 is 2.29 bits per heavy atom. The Hall–Kier alpha value is -0.610. The first-order valence-corrected chi connectivity index (χ1v) is 6.55. The Morgan fingerprint density at radius 3 is 2.88 bits per heavy atom. The van der Waals surface area contributed by atoms with E-state index < -0.39 is 0 Å². The largest absolute Gasteiger partial charge is 0.384 e. The molecule has 0 unspecified atom stereocenters. The SMILES string of the molecule is COC[C@H]1CN(C(=O)[C@@H]2CCCN2)CC1(C)C. The molecule has 0 radical (unpaired) electrons. The molecule has 2 saturated heterocycles. The summed E-state index contributed by atoms with van der Waals surface area (Å²) in [4.78, 5) is 14.3. The summed E-state index contributed by atoms with van der Waals surface area (Å²) in [5.41, 5.74) is 0.171. The second-order valence-corrected chi connectivity index (χ2v) is 6.01. The molecule has 2 fully saturated rings. The van der Waals surface area contributed by atoms with Gasteiger partial charge in [-0.2, -0.15) is 0 Å². The summed E-state index contributed by atoms with van der Waals surface area (Å²) in [7, 11) is 1.74. The number of hydrogen-bond acceptors (Lipinski definition) is 3. The molecule has 98 valence electrons. The van der Waals surface area contributed by atoms with Crippen LogP contribution in [0.3, 0.4) is 0 Å². The van der Waals surface area contributed by atoms with Crippen LogP contribution in [0.15, 0.2) is 0 Å². The van der Waals surface area contributed by atoms with Gasteiger partial charge in [-0.05, 0) is 24.8 Å². The fourth-order valence-electron chi connectivity index (χ4n) is 2.96. The van der Waals surface area contributed by atoms with Crippen molar-refractivity contribution in [1.29, 1.82) is 0 Å². The molecule has 0 aromatic rings. The minimum atomic E-state index is 0.0621. The van der Waals surface area contributed by atoms with E-state index >= 15 is 0 Å². The molecule has 2 heterocycles. The second-order valence-electron chi connectivity index (χ2n) is 6.01. The monoisotopic (exact) mass is 240 g/mol. The normalized spacial score (nSPS) is 32.1. The standard InChI is InChI=1S/C13H24N2O2/c1-13(2)9-15(7-10(13)8-17-3)12(16)11-5-4-6-14-11/h10-11,14H,4-9H2,1-3H3/t10-,11+/m1/s1. The number of carbonyl (C=O) groups is 1. The van der Waals surface area contributed by atoms with Crippen LogP contribution in [0, 0.1) is 11.3 Å². The molecule has 0 aliphatic carbocycles. The van der Waals surface area contributed by atoms with Gasteiger partial charge in [-0.15, -0.1) is 0 Å². The second kappa shape index (κ2) is 4.94. The van der Waals surface area contributed by atoms with Gasteiger partial charge in [0.2, 0.25) is 5.91 Å². The molecule has 0 bridgehead atoms. The molecule has 2 aliphatic rings. The van der Waals surface area contributed by atoms with Crippen LogP contribution in [0.25, 0.3) is 0 Å². The maximum Gasteiger partial charge on any atom is 0.239 e. The summed E-state index contributed by atoms with van der Waals surface area (Å²) in [6, 6.07) is 0.0621. The van der Waals surface area contributed by atoms with Gasteiger partial charge in [0.25, 0.3) is 0 Å². The van der Waals surface area contributed by atoms with Crippen LogP contribution in [0.5, 0.6) is 0 Å². The fraction of sp³-hybridized carbons (Fsp3) is 0.923. The van der Waals surface area contributed by atoms with E-state index in [0.717, 1.165) is 39.1 Å². The lowest BCUT2D eigenvalue weighted by molar-refractivity contribution is -0.132. The van der Waals surface area contributed by atoms with E-state index in [1.807, 2.05) is 4.90 Å². The van der Waals surface area contributed by atoms with Gasteiger partial charge in [-0.3, -0.25) is 4.79 Å². The molecule has 4 nitrogen and oxygen atoms in total. The van der Waals surface area contributed by atoms with Crippen LogP contribution in [0.2, 0.25) is 0 Å². The number of nitrogens with one attached hydrogen (secondary N) is 1. The highest BCUT2D eigenvalue weighted by Crippen LogP contribution is 2.35. The van der Waals surface area contributed by atoms with Crippen molar-refractivity contribution in [1.82, 2.24) is 10.2 Å². The molecule has 0 saturated carbocycles. The molecule has 17 heavy (non-hydrogen) atoms. The molecule has 2 aliphatic heterocycles. The average molecular weight is 240 g/mol. The van der Waals surface area contributed by atoms with Crippen LogP contribution in [0.1, 0.15) is 26.7 Å². The smallest absolute Gasteiger partial charge is 0.239 e. The summed E-state index contributed by atoms with van der Waals surface area (Å²) < 4.78 is 5.26. The molecule has 0 aromatic carbocycles. The quantitative estimate of drug-likeness (QED) is 0.796. The Labute approximate surface area is 104 Å². The molecular weight excluding hydrogens is 216 g/mol. The number of methoxy groups -OCH3 is 1. The summed E-state index contributed by atoms with van der Waals surface area (Å²) in [6.07, 6.45) is 2.11. The third-order valence-corrected chi connectivity index (χ3v) is 4.18. The van der Waals surface area contributed by atoms with Crippen molar-refractivity contribution >= 4 is 5.91 Å². The van der Waals surface area contributed by atoms with E-state index in [1.165, 1.54) is 0 Å². The van der Waals surface area contributed by atoms with E-state index in [-0.39, 0.29) is 17.4 Å². The van der Waals surface area contributed by atoms with Crippen molar-refractivity contribution < 1.29 is 9.53 Å². The lowest BCUT2D eigenvalue weighted by Crippen LogP contribution is -2.43. The molecular formula is C13H24N2O2. The van der Waals surface area contributed by atoms with Crippen molar-refractivity contribution in [2.24, 2.45) is 11.3 Å². The van der Waals surface area contributed by atoms with Crippen LogP contribution in [-0.2, 0) is 9.53 Å². The lowest BCUT2D eigenvalue weighted by atomic mass is 9.83. The average Bonchev–Trinajstić information content (AvgIpc) is 2.87. The Morgan fingerprint density at radius 1 is 1.53 bits per heavy atom. The first-order valence-electron chi connectivity index (χ1n) is 6.55. The van der Waals surface area contributed by atoms with Gasteiger partial charge in [-0.25, -0.2) is 0 Å². The van der Waals surface area contributed by atoms with Crippen molar-refractivity contribution in [3.63, 3.8) is 0 Å². The highest BCUT2D eigenvalue weighted by Gasteiger charge is 2.42. The molecule has 1 N–H and O–H groups in total. The predicted molar refractivity (Wildman–Crippen MR) is 66.8 cm³/mol. The zero-order valence-electron chi connectivity index (χ0n) is 11.2. The van der Waals surface area contributed by atoms with Gasteiger partial charge in [0.05, 0.1) is 12.6 Å². The molecule has 2 atom stereocenters. The van der Waals surface area contributed by atoms with Gasteiger partial charge >= 0.3 is 0 Å². The molecule has 0 spiro atoms. The Balaban J connectivity index is 1.97. The maximum absolute atomic E-state index is 12.3. The van der Waals surface area contributed by atoms with Gasteiger partial charge in [0, 0.05) is 26.1 Å². The minimum absolute atomic E-state index is 0.0621. The van der Waals surface area contributed by atoms with Crippen molar-refractivity contribution in [2.75, 3.05) is 33.4 Å². The van der Waals surface area contributed by atoms with E-state index in [2.05, 4.69) is 19.2 Å². The van der Waals surface area contributed by atoms with Gasteiger partial charge in [-0.1, -0.05) is 13.8 Å². The highest BCUT2D eigenvalue weighted by molar-refractivity contribution is 5.82. The van der Waals surface area contributed by atoms with Crippen LogP contribution in [0.4, 0.5) is 0 Å². The summed E-state index contributed by atoms with van der Waals surface area (Å²) >= 11 is 0. The summed E-state index contributed by atoms with van der Waals surface area (Å²) in [5, 5.41) is 3.28.